The molecule has 0 amide bonds. The van der Waals surface area contributed by atoms with Gasteiger partial charge in [-0.1, -0.05) is 82.3 Å². The van der Waals surface area contributed by atoms with E-state index in [2.05, 4.69) is 23.5 Å². The summed E-state index contributed by atoms with van der Waals surface area (Å²) in [6.45, 7) is 2.26. The highest BCUT2D eigenvalue weighted by atomic mass is 16.5. The lowest BCUT2D eigenvalue weighted by Gasteiger charge is -2.00. The van der Waals surface area contributed by atoms with Crippen molar-refractivity contribution in [1.29, 1.82) is 0 Å². The lowest BCUT2D eigenvalue weighted by atomic mass is 10.1. The molecule has 25 heavy (non-hydrogen) atoms. The zero-order chi connectivity index (χ0) is 18.2. The Kier molecular flexibility index (Phi) is 12.1. The quantitative estimate of drug-likeness (QED) is 0.209. The summed E-state index contributed by atoms with van der Waals surface area (Å²) >= 11 is 0. The van der Waals surface area contributed by atoms with Crippen LogP contribution in [0, 0.1) is 11.8 Å². The zero-order valence-corrected chi connectivity index (χ0v) is 15.9. The summed E-state index contributed by atoms with van der Waals surface area (Å²) in [6.07, 6.45) is 16.2. The van der Waals surface area contributed by atoms with Crippen LogP contribution in [0.1, 0.15) is 82.3 Å². The molecule has 0 aromatic heterocycles. The fourth-order valence-electron chi connectivity index (χ4n) is 2.64. The summed E-state index contributed by atoms with van der Waals surface area (Å²) in [5.74, 6) is 6.12. The average Bonchev–Trinajstić information content (AvgIpc) is 2.64. The van der Waals surface area contributed by atoms with Gasteiger partial charge >= 0.3 is 5.97 Å². The van der Waals surface area contributed by atoms with Crippen molar-refractivity contribution in [1.82, 2.24) is 0 Å². The summed E-state index contributed by atoms with van der Waals surface area (Å²) in [7, 11) is 1.38. The molecule has 0 radical (unpaired) electrons. The van der Waals surface area contributed by atoms with Crippen molar-refractivity contribution in [3.63, 3.8) is 0 Å². The van der Waals surface area contributed by atoms with Crippen LogP contribution in [-0.2, 0) is 9.53 Å². The molecule has 0 bridgehead atoms. The van der Waals surface area contributed by atoms with Gasteiger partial charge in [-0.2, -0.15) is 0 Å². The highest BCUT2D eigenvalue weighted by Gasteiger charge is 1.94. The fourth-order valence-corrected chi connectivity index (χ4v) is 2.64. The van der Waals surface area contributed by atoms with E-state index in [1.807, 2.05) is 24.3 Å². The second kappa shape index (κ2) is 14.3. The van der Waals surface area contributed by atoms with Gasteiger partial charge in [0.05, 0.1) is 7.11 Å². The zero-order valence-electron chi connectivity index (χ0n) is 15.9. The predicted octanol–water partition coefficient (Wildman–Crippen LogP) is 6.15. The number of esters is 1. The van der Waals surface area contributed by atoms with Crippen molar-refractivity contribution in [3.8, 4) is 11.8 Å². The van der Waals surface area contributed by atoms with Gasteiger partial charge in [0, 0.05) is 18.1 Å². The van der Waals surface area contributed by atoms with E-state index < -0.39 is 0 Å². The number of hydrogen-bond acceptors (Lipinski definition) is 2. The van der Waals surface area contributed by atoms with Gasteiger partial charge in [-0.25, -0.2) is 4.79 Å². The summed E-state index contributed by atoms with van der Waals surface area (Å²) in [5.41, 5.74) is 1.95. The van der Waals surface area contributed by atoms with Gasteiger partial charge < -0.3 is 4.74 Å². The normalized spacial score (nSPS) is 10.5. The second-order valence-electron chi connectivity index (χ2n) is 6.36. The summed E-state index contributed by atoms with van der Waals surface area (Å²) < 4.78 is 4.59. The minimum absolute atomic E-state index is 0.346. The molecule has 0 spiro atoms. The van der Waals surface area contributed by atoms with E-state index >= 15 is 0 Å². The number of ether oxygens (including phenoxy) is 1. The molecule has 0 atom stereocenters. The molecule has 0 unspecified atom stereocenters. The second-order valence-corrected chi connectivity index (χ2v) is 6.36. The Balaban J connectivity index is 2.21. The molecule has 0 aliphatic heterocycles. The Labute approximate surface area is 153 Å². The first-order chi connectivity index (χ1) is 12.3. The first-order valence-corrected chi connectivity index (χ1v) is 9.61. The molecule has 2 nitrogen and oxygen atoms in total. The van der Waals surface area contributed by atoms with Gasteiger partial charge in [-0.3, -0.25) is 0 Å². The molecule has 1 aromatic carbocycles. The van der Waals surface area contributed by atoms with Crippen molar-refractivity contribution in [2.45, 2.75) is 71.1 Å². The Bertz CT molecular complexity index is 575. The van der Waals surface area contributed by atoms with Gasteiger partial charge in [0.15, 0.2) is 0 Å². The van der Waals surface area contributed by atoms with Gasteiger partial charge in [-0.15, -0.1) is 0 Å². The number of hydrogen-bond donors (Lipinski definition) is 0. The molecule has 0 aliphatic carbocycles. The average molecular weight is 341 g/mol. The van der Waals surface area contributed by atoms with Crippen molar-refractivity contribution < 1.29 is 9.53 Å². The number of unbranched alkanes of at least 4 members (excludes halogenated alkanes) is 9. The molecule has 2 heteroatoms. The van der Waals surface area contributed by atoms with Crippen LogP contribution in [0.3, 0.4) is 0 Å². The maximum Gasteiger partial charge on any atom is 0.330 e. The number of carbonyl (C=O) groups is 1. The first-order valence-electron chi connectivity index (χ1n) is 9.61. The van der Waals surface area contributed by atoms with Crippen molar-refractivity contribution in [2.24, 2.45) is 0 Å². The Morgan fingerprint density at radius 2 is 1.72 bits per heavy atom. The van der Waals surface area contributed by atoms with Crippen LogP contribution in [0.15, 0.2) is 30.3 Å². The summed E-state index contributed by atoms with van der Waals surface area (Å²) in [5, 5.41) is 0. The lowest BCUT2D eigenvalue weighted by Crippen LogP contribution is -1.93. The Hall–Kier alpha value is -2.01. The van der Waals surface area contributed by atoms with Gasteiger partial charge in [-0.05, 0) is 30.2 Å². The van der Waals surface area contributed by atoms with E-state index in [1.54, 1.807) is 6.08 Å². The van der Waals surface area contributed by atoms with Gasteiger partial charge in [0.2, 0.25) is 0 Å². The molecule has 1 rings (SSSR count). The van der Waals surface area contributed by atoms with Crippen LogP contribution in [0.5, 0.6) is 0 Å². The highest BCUT2D eigenvalue weighted by Crippen LogP contribution is 2.10. The van der Waals surface area contributed by atoms with E-state index in [9.17, 15) is 4.79 Å². The number of carbonyl (C=O) groups excluding carboxylic acids is 1. The maximum atomic E-state index is 11.1. The van der Waals surface area contributed by atoms with Gasteiger partial charge in [0.1, 0.15) is 0 Å². The molecular formula is C23H32O2. The number of methoxy groups -OCH3 is 1. The molecule has 1 aromatic rings. The van der Waals surface area contributed by atoms with Crippen LogP contribution in [0.4, 0.5) is 0 Å². The van der Waals surface area contributed by atoms with E-state index in [4.69, 9.17) is 0 Å². The van der Waals surface area contributed by atoms with Crippen molar-refractivity contribution in [3.05, 3.63) is 41.5 Å². The topological polar surface area (TPSA) is 26.3 Å². The van der Waals surface area contributed by atoms with Crippen molar-refractivity contribution in [2.75, 3.05) is 7.11 Å². The van der Waals surface area contributed by atoms with Crippen LogP contribution in [0.25, 0.3) is 6.08 Å². The third-order valence-corrected chi connectivity index (χ3v) is 4.14. The maximum absolute atomic E-state index is 11.1. The van der Waals surface area contributed by atoms with Crippen LogP contribution >= 0.6 is 0 Å². The summed E-state index contributed by atoms with van der Waals surface area (Å²) in [4.78, 5) is 11.1. The van der Waals surface area contributed by atoms with E-state index in [-0.39, 0.29) is 5.97 Å². The fraction of sp³-hybridized carbons (Fsp3) is 0.522. The highest BCUT2D eigenvalue weighted by molar-refractivity contribution is 5.86. The standard InChI is InChI=1S/C23H32O2/c1-3-4-5-6-7-8-9-10-11-12-13-15-21-16-14-17-22(20-21)18-19-23(24)25-2/h14,16-20H,3-12H2,1-2H3. The first kappa shape index (κ1) is 21.0. The minimum atomic E-state index is -0.346. The van der Waals surface area contributed by atoms with E-state index in [1.165, 1.54) is 71.0 Å². The van der Waals surface area contributed by atoms with E-state index in [0.29, 0.717) is 0 Å². The molecule has 0 aliphatic rings. The molecule has 0 saturated heterocycles. The Morgan fingerprint density at radius 1 is 1.04 bits per heavy atom. The third-order valence-electron chi connectivity index (χ3n) is 4.14. The SMILES string of the molecule is CCCCCCCCCCCC#Cc1cccc(C=CC(=O)OC)c1. The predicted molar refractivity (Wildman–Crippen MR) is 106 cm³/mol. The van der Waals surface area contributed by atoms with Gasteiger partial charge in [0.25, 0.3) is 0 Å². The van der Waals surface area contributed by atoms with Crippen LogP contribution in [-0.4, -0.2) is 13.1 Å². The summed E-state index contributed by atoms with van der Waals surface area (Å²) in [6, 6.07) is 7.90. The number of benzene rings is 1. The smallest absolute Gasteiger partial charge is 0.330 e. The minimum Gasteiger partial charge on any atom is -0.466 e. The van der Waals surface area contributed by atoms with Crippen LogP contribution < -0.4 is 0 Å². The molecular weight excluding hydrogens is 308 g/mol. The molecule has 0 fully saturated rings. The molecule has 0 N–H and O–H groups in total. The monoisotopic (exact) mass is 340 g/mol. The van der Waals surface area contributed by atoms with Crippen molar-refractivity contribution >= 4 is 12.0 Å². The lowest BCUT2D eigenvalue weighted by molar-refractivity contribution is -0.134. The molecule has 136 valence electrons. The molecule has 0 heterocycles. The third kappa shape index (κ3) is 11.2. The van der Waals surface area contributed by atoms with E-state index in [0.717, 1.165) is 17.5 Å². The molecule has 0 saturated carbocycles. The number of rotatable bonds is 11. The van der Waals surface area contributed by atoms with Crippen LogP contribution in [0.2, 0.25) is 0 Å². The largest absolute Gasteiger partial charge is 0.466 e. The Morgan fingerprint density at radius 3 is 2.40 bits per heavy atom.